The molecule has 0 spiro atoms. The normalized spacial score (nSPS) is 14.6. The maximum absolute atomic E-state index is 6.14. The van der Waals surface area contributed by atoms with E-state index in [1.54, 1.807) is 19.2 Å². The molecule has 0 aromatic heterocycles. The summed E-state index contributed by atoms with van der Waals surface area (Å²) in [7, 11) is 1.69. The van der Waals surface area contributed by atoms with E-state index in [1.165, 1.54) is 0 Å². The standard InChI is InChI=1S/C13H19Cl2NO/c1-3-4-13(17-2)12(16)8-9-7-10(14)5-6-11(9)15/h5-7,12-13H,3-4,8,16H2,1-2H3. The second kappa shape index (κ2) is 7.22. The third-order valence-corrected chi connectivity index (χ3v) is 3.42. The first-order chi connectivity index (χ1) is 8.08. The predicted molar refractivity (Wildman–Crippen MR) is 73.8 cm³/mol. The topological polar surface area (TPSA) is 35.2 Å². The molecule has 0 amide bonds. The van der Waals surface area contributed by atoms with Crippen molar-refractivity contribution in [3.05, 3.63) is 33.8 Å². The van der Waals surface area contributed by atoms with Crippen molar-refractivity contribution < 1.29 is 4.74 Å². The SMILES string of the molecule is CCCC(OC)C(N)Cc1cc(Cl)ccc1Cl. The number of hydrogen-bond donors (Lipinski definition) is 1. The van der Waals surface area contributed by atoms with Gasteiger partial charge in [-0.1, -0.05) is 36.5 Å². The van der Waals surface area contributed by atoms with Gasteiger partial charge in [0.1, 0.15) is 0 Å². The van der Waals surface area contributed by atoms with Crippen LogP contribution in [0.4, 0.5) is 0 Å². The van der Waals surface area contributed by atoms with Crippen LogP contribution >= 0.6 is 23.2 Å². The van der Waals surface area contributed by atoms with Crippen LogP contribution in [0.2, 0.25) is 10.0 Å². The van der Waals surface area contributed by atoms with Crippen molar-refractivity contribution in [3.63, 3.8) is 0 Å². The Kier molecular flexibility index (Phi) is 6.28. The van der Waals surface area contributed by atoms with Crippen LogP contribution in [-0.4, -0.2) is 19.3 Å². The molecule has 0 heterocycles. The summed E-state index contributed by atoms with van der Waals surface area (Å²) in [6.45, 7) is 2.12. The fourth-order valence-corrected chi connectivity index (χ4v) is 2.27. The summed E-state index contributed by atoms with van der Waals surface area (Å²) < 4.78 is 5.39. The van der Waals surface area contributed by atoms with E-state index in [4.69, 9.17) is 33.7 Å². The Bertz CT molecular complexity index is 357. The van der Waals surface area contributed by atoms with Gasteiger partial charge in [-0.15, -0.1) is 0 Å². The summed E-state index contributed by atoms with van der Waals surface area (Å²) in [5, 5.41) is 1.39. The van der Waals surface area contributed by atoms with E-state index < -0.39 is 0 Å². The van der Waals surface area contributed by atoms with Crippen molar-refractivity contribution in [2.24, 2.45) is 5.73 Å². The lowest BCUT2D eigenvalue weighted by atomic mass is 9.99. The average molecular weight is 276 g/mol. The summed E-state index contributed by atoms with van der Waals surface area (Å²) in [5.41, 5.74) is 7.12. The Labute approximate surface area is 113 Å². The maximum Gasteiger partial charge on any atom is 0.0725 e. The zero-order chi connectivity index (χ0) is 12.8. The summed E-state index contributed by atoms with van der Waals surface area (Å²) in [6, 6.07) is 5.38. The smallest absolute Gasteiger partial charge is 0.0725 e. The van der Waals surface area contributed by atoms with Gasteiger partial charge in [0.2, 0.25) is 0 Å². The quantitative estimate of drug-likeness (QED) is 0.860. The molecular weight excluding hydrogens is 257 g/mol. The highest BCUT2D eigenvalue weighted by Crippen LogP contribution is 2.22. The van der Waals surface area contributed by atoms with E-state index in [0.29, 0.717) is 16.5 Å². The lowest BCUT2D eigenvalue weighted by molar-refractivity contribution is 0.0727. The van der Waals surface area contributed by atoms with Crippen molar-refractivity contribution in [1.82, 2.24) is 0 Å². The molecule has 2 nitrogen and oxygen atoms in total. The van der Waals surface area contributed by atoms with Crippen LogP contribution in [0.5, 0.6) is 0 Å². The zero-order valence-corrected chi connectivity index (χ0v) is 11.8. The summed E-state index contributed by atoms with van der Waals surface area (Å²) in [4.78, 5) is 0. The minimum atomic E-state index is -0.0593. The van der Waals surface area contributed by atoms with E-state index in [1.807, 2.05) is 6.07 Å². The second-order valence-electron chi connectivity index (χ2n) is 4.17. The van der Waals surface area contributed by atoms with Crippen molar-refractivity contribution in [2.75, 3.05) is 7.11 Å². The Morgan fingerprint density at radius 3 is 2.65 bits per heavy atom. The molecule has 1 rings (SSSR count). The summed E-state index contributed by atoms with van der Waals surface area (Å²) >= 11 is 12.1. The number of methoxy groups -OCH3 is 1. The Morgan fingerprint density at radius 1 is 1.35 bits per heavy atom. The van der Waals surface area contributed by atoms with Crippen LogP contribution in [0.15, 0.2) is 18.2 Å². The predicted octanol–water partition coefficient (Wildman–Crippen LogP) is 3.68. The van der Waals surface area contributed by atoms with Gasteiger partial charge in [0, 0.05) is 23.2 Å². The molecule has 0 bridgehead atoms. The van der Waals surface area contributed by atoms with Crippen molar-refractivity contribution in [2.45, 2.75) is 38.3 Å². The molecule has 0 saturated heterocycles. The van der Waals surface area contributed by atoms with E-state index in [0.717, 1.165) is 18.4 Å². The molecule has 4 heteroatoms. The van der Waals surface area contributed by atoms with Crippen LogP contribution < -0.4 is 5.73 Å². The first-order valence-corrected chi connectivity index (χ1v) is 6.56. The molecular formula is C13H19Cl2NO. The van der Waals surface area contributed by atoms with E-state index in [2.05, 4.69) is 6.92 Å². The Hall–Kier alpha value is -0.280. The molecule has 0 aliphatic rings. The molecule has 0 saturated carbocycles. The number of ether oxygens (including phenoxy) is 1. The van der Waals surface area contributed by atoms with Gasteiger partial charge in [0.25, 0.3) is 0 Å². The largest absolute Gasteiger partial charge is 0.380 e. The molecule has 1 aromatic rings. The molecule has 96 valence electrons. The van der Waals surface area contributed by atoms with Crippen LogP contribution in [0, 0.1) is 0 Å². The van der Waals surface area contributed by atoms with E-state index >= 15 is 0 Å². The third-order valence-electron chi connectivity index (χ3n) is 2.82. The summed E-state index contributed by atoms with van der Waals surface area (Å²) in [6.07, 6.45) is 2.75. The highest BCUT2D eigenvalue weighted by molar-refractivity contribution is 6.33. The fourth-order valence-electron chi connectivity index (χ4n) is 1.88. The van der Waals surface area contributed by atoms with Crippen LogP contribution in [0.3, 0.4) is 0 Å². The molecule has 2 unspecified atom stereocenters. The number of rotatable bonds is 6. The minimum Gasteiger partial charge on any atom is -0.380 e. The number of nitrogens with two attached hydrogens (primary N) is 1. The van der Waals surface area contributed by atoms with Gasteiger partial charge in [0.15, 0.2) is 0 Å². The van der Waals surface area contributed by atoms with Crippen LogP contribution in [0.1, 0.15) is 25.3 Å². The monoisotopic (exact) mass is 275 g/mol. The molecule has 0 aliphatic heterocycles. The van der Waals surface area contributed by atoms with Gasteiger partial charge in [-0.2, -0.15) is 0 Å². The van der Waals surface area contributed by atoms with Gasteiger partial charge >= 0.3 is 0 Å². The Morgan fingerprint density at radius 2 is 2.06 bits per heavy atom. The lowest BCUT2D eigenvalue weighted by Crippen LogP contribution is -2.38. The van der Waals surface area contributed by atoms with Gasteiger partial charge in [-0.05, 0) is 36.6 Å². The second-order valence-corrected chi connectivity index (χ2v) is 5.01. The number of hydrogen-bond acceptors (Lipinski definition) is 2. The minimum absolute atomic E-state index is 0.0593. The summed E-state index contributed by atoms with van der Waals surface area (Å²) in [5.74, 6) is 0. The first-order valence-electron chi connectivity index (χ1n) is 5.80. The van der Waals surface area contributed by atoms with Gasteiger partial charge < -0.3 is 10.5 Å². The van der Waals surface area contributed by atoms with Gasteiger partial charge in [-0.3, -0.25) is 0 Å². The zero-order valence-electron chi connectivity index (χ0n) is 10.2. The van der Waals surface area contributed by atoms with Crippen LogP contribution in [-0.2, 0) is 11.2 Å². The highest BCUT2D eigenvalue weighted by Gasteiger charge is 2.18. The highest BCUT2D eigenvalue weighted by atomic mass is 35.5. The molecule has 0 radical (unpaired) electrons. The first kappa shape index (κ1) is 14.8. The number of halogens is 2. The lowest BCUT2D eigenvalue weighted by Gasteiger charge is -2.22. The molecule has 1 aromatic carbocycles. The molecule has 0 aliphatic carbocycles. The van der Waals surface area contributed by atoms with Crippen molar-refractivity contribution in [3.8, 4) is 0 Å². The fraction of sp³-hybridized carbons (Fsp3) is 0.538. The van der Waals surface area contributed by atoms with Gasteiger partial charge in [0.05, 0.1) is 6.10 Å². The van der Waals surface area contributed by atoms with E-state index in [-0.39, 0.29) is 12.1 Å². The van der Waals surface area contributed by atoms with Crippen LogP contribution in [0.25, 0.3) is 0 Å². The molecule has 17 heavy (non-hydrogen) atoms. The molecule has 0 fully saturated rings. The average Bonchev–Trinajstić information content (AvgIpc) is 2.30. The third kappa shape index (κ3) is 4.47. The van der Waals surface area contributed by atoms with Gasteiger partial charge in [-0.25, -0.2) is 0 Å². The molecule has 2 atom stereocenters. The molecule has 2 N–H and O–H groups in total. The van der Waals surface area contributed by atoms with Crippen molar-refractivity contribution >= 4 is 23.2 Å². The maximum atomic E-state index is 6.14. The Balaban J connectivity index is 2.72. The number of benzene rings is 1. The van der Waals surface area contributed by atoms with Crippen molar-refractivity contribution in [1.29, 1.82) is 0 Å². The van der Waals surface area contributed by atoms with E-state index in [9.17, 15) is 0 Å².